The van der Waals surface area contributed by atoms with Crippen molar-refractivity contribution in [3.05, 3.63) is 24.8 Å². The molecule has 1 aliphatic heterocycles. The van der Waals surface area contributed by atoms with Crippen molar-refractivity contribution in [1.82, 2.24) is 19.5 Å². The van der Waals surface area contributed by atoms with E-state index in [0.29, 0.717) is 35.0 Å². The molecule has 0 aromatic carbocycles. The molecule has 1 fully saturated rings. The molecule has 3 heterocycles. The lowest BCUT2D eigenvalue weighted by molar-refractivity contribution is -0.138. The molecule has 1 saturated heterocycles. The molecule has 0 saturated carbocycles. The molecule has 1 aliphatic rings. The number of nitrogens with two attached hydrogens (primary N) is 2. The minimum atomic E-state index is -1.22. The first-order valence-corrected chi connectivity index (χ1v) is 12.3. The monoisotopic (exact) mass is 493 g/mol. The average molecular weight is 494 g/mol. The summed E-state index contributed by atoms with van der Waals surface area (Å²) in [5.74, 6) is 3.05. The van der Waals surface area contributed by atoms with E-state index in [1.165, 1.54) is 17.2 Å². The number of imidazole rings is 1. The first-order valence-electron chi connectivity index (χ1n) is 10.6. The highest BCUT2D eigenvalue weighted by Crippen LogP contribution is 2.33. The molecule has 7 N–H and O–H groups in total. The number of rotatable bonds is 12. The Bertz CT molecular complexity index is 1040. The topological polar surface area (TPSA) is 192 Å². The summed E-state index contributed by atoms with van der Waals surface area (Å²) in [6.07, 6.45) is 7.91. The van der Waals surface area contributed by atoms with Gasteiger partial charge in [0.2, 0.25) is 0 Å². The second-order valence-electron chi connectivity index (χ2n) is 7.70. The predicted octanol–water partition coefficient (Wildman–Crippen LogP) is -1.35. The normalized spacial score (nSPS) is 24.4. The Kier molecular flexibility index (Phi) is 9.22. The van der Waals surface area contributed by atoms with Crippen LogP contribution in [0.2, 0.25) is 0 Å². The van der Waals surface area contributed by atoms with Crippen LogP contribution >= 0.6 is 0 Å². The number of anilines is 1. The van der Waals surface area contributed by atoms with Crippen molar-refractivity contribution in [3.8, 4) is 12.3 Å². The van der Waals surface area contributed by atoms with E-state index in [1.807, 2.05) is 12.2 Å². The molecule has 3 rings (SSSR count). The zero-order valence-electron chi connectivity index (χ0n) is 18.4. The number of aliphatic hydroxyl groups excluding tert-OH is 2. The lowest BCUT2D eigenvalue weighted by atomic mass is 10.1. The van der Waals surface area contributed by atoms with Crippen molar-refractivity contribution in [2.75, 3.05) is 36.2 Å². The highest BCUT2D eigenvalue weighted by Gasteiger charge is 2.47. The number of carboxylic acid groups (broad SMARTS) is 1. The van der Waals surface area contributed by atoms with E-state index in [1.54, 1.807) is 0 Å². The van der Waals surface area contributed by atoms with E-state index in [4.69, 9.17) is 32.5 Å². The zero-order valence-corrected chi connectivity index (χ0v) is 19.3. The number of terminal acetylenes is 1. The minimum absolute atomic E-state index is 0.197. The molecular weight excluding hydrogens is 464 g/mol. The van der Waals surface area contributed by atoms with Crippen molar-refractivity contribution in [2.45, 2.75) is 37.0 Å². The Labute approximate surface area is 199 Å². The van der Waals surface area contributed by atoms with Gasteiger partial charge in [0.05, 0.1) is 12.9 Å². The van der Waals surface area contributed by atoms with Crippen LogP contribution in [0.15, 0.2) is 24.8 Å². The molecule has 0 radical (unpaired) electrons. The summed E-state index contributed by atoms with van der Waals surface area (Å²) in [7, 11) is -0.379. The predicted molar refractivity (Wildman–Crippen MR) is 127 cm³/mol. The SMILES string of the molecule is C#CCOC/C=C/C[S+](CC[C@H](N)C(=O)O)C[C@H]1O[C@@H](n2cnc3c(N)ncnc32)[C@H](O)[C@@H]1O. The molecule has 184 valence electrons. The first-order chi connectivity index (χ1) is 16.3. The Hall–Kier alpha value is -2.73. The van der Waals surface area contributed by atoms with Gasteiger partial charge in [-0.05, 0) is 17.0 Å². The van der Waals surface area contributed by atoms with Crippen LogP contribution in [0.1, 0.15) is 12.6 Å². The molecule has 6 atom stereocenters. The highest BCUT2D eigenvalue weighted by atomic mass is 32.2. The number of nitrogen functional groups attached to an aromatic ring is 1. The van der Waals surface area contributed by atoms with Gasteiger partial charge < -0.3 is 36.3 Å². The number of aromatic nitrogens is 4. The Morgan fingerprint density at radius 2 is 2.15 bits per heavy atom. The van der Waals surface area contributed by atoms with Crippen LogP contribution in [-0.2, 0) is 25.2 Å². The molecule has 1 unspecified atom stereocenters. The fraction of sp³-hybridized carbons (Fsp3) is 0.524. The zero-order chi connectivity index (χ0) is 24.7. The lowest BCUT2D eigenvalue weighted by Crippen LogP contribution is -2.38. The van der Waals surface area contributed by atoms with Crippen LogP contribution in [0.3, 0.4) is 0 Å². The second kappa shape index (κ2) is 12.1. The van der Waals surface area contributed by atoms with Crippen LogP contribution < -0.4 is 11.5 Å². The van der Waals surface area contributed by atoms with Gasteiger partial charge in [-0.2, -0.15) is 0 Å². The number of hydrogen-bond acceptors (Lipinski definition) is 10. The summed E-state index contributed by atoms with van der Waals surface area (Å²) in [5.41, 5.74) is 12.3. The summed E-state index contributed by atoms with van der Waals surface area (Å²) in [6, 6.07) is -0.979. The number of aliphatic carboxylic acids is 1. The smallest absolute Gasteiger partial charge is 0.320 e. The fourth-order valence-corrected chi connectivity index (χ4v) is 5.70. The van der Waals surface area contributed by atoms with E-state index >= 15 is 0 Å². The van der Waals surface area contributed by atoms with Crippen molar-refractivity contribution in [3.63, 3.8) is 0 Å². The van der Waals surface area contributed by atoms with Gasteiger partial charge in [-0.25, -0.2) is 15.0 Å². The molecule has 12 nitrogen and oxygen atoms in total. The van der Waals surface area contributed by atoms with Crippen LogP contribution in [0.4, 0.5) is 5.82 Å². The van der Waals surface area contributed by atoms with E-state index in [2.05, 4.69) is 20.9 Å². The summed E-state index contributed by atoms with van der Waals surface area (Å²) < 4.78 is 12.8. The summed E-state index contributed by atoms with van der Waals surface area (Å²) in [6.45, 7) is 0.572. The molecule has 0 aliphatic carbocycles. The maximum absolute atomic E-state index is 11.1. The maximum Gasteiger partial charge on any atom is 0.320 e. The molecule has 34 heavy (non-hydrogen) atoms. The van der Waals surface area contributed by atoms with Gasteiger partial charge in [-0.15, -0.1) is 6.42 Å². The third kappa shape index (κ3) is 6.23. The van der Waals surface area contributed by atoms with E-state index in [-0.39, 0.29) is 29.7 Å². The van der Waals surface area contributed by atoms with Crippen molar-refractivity contribution in [2.24, 2.45) is 5.73 Å². The quantitative estimate of drug-likeness (QED) is 0.102. The molecule has 0 amide bonds. The number of carbonyl (C=O) groups is 1. The summed E-state index contributed by atoms with van der Waals surface area (Å²) in [4.78, 5) is 23.4. The lowest BCUT2D eigenvalue weighted by Gasteiger charge is -2.17. The van der Waals surface area contributed by atoms with E-state index in [9.17, 15) is 15.0 Å². The molecule has 13 heteroatoms. The van der Waals surface area contributed by atoms with Gasteiger partial charge in [0.15, 0.2) is 17.7 Å². The number of fused-ring (bicyclic) bond motifs is 1. The molecule has 0 bridgehead atoms. The number of nitrogens with zero attached hydrogens (tertiary/aromatic N) is 4. The number of carboxylic acids is 1. The number of aliphatic hydroxyl groups is 2. The van der Waals surface area contributed by atoms with Crippen LogP contribution in [0.25, 0.3) is 11.2 Å². The third-order valence-corrected chi connectivity index (χ3v) is 7.61. The molecule has 2 aromatic rings. The fourth-order valence-electron chi connectivity index (χ4n) is 3.50. The average Bonchev–Trinajstić information content (AvgIpc) is 3.36. The Morgan fingerprint density at radius 3 is 2.88 bits per heavy atom. The van der Waals surface area contributed by atoms with Gasteiger partial charge >= 0.3 is 5.97 Å². The van der Waals surface area contributed by atoms with Gasteiger partial charge in [0.25, 0.3) is 0 Å². The molecule has 0 spiro atoms. The summed E-state index contributed by atoms with van der Waals surface area (Å²) in [5, 5.41) is 30.5. The Balaban J connectivity index is 1.69. The van der Waals surface area contributed by atoms with Crippen molar-refractivity contribution in [1.29, 1.82) is 0 Å². The highest BCUT2D eigenvalue weighted by molar-refractivity contribution is 7.97. The van der Waals surface area contributed by atoms with Gasteiger partial charge in [-0.1, -0.05) is 12.0 Å². The maximum atomic E-state index is 11.1. The van der Waals surface area contributed by atoms with Crippen LogP contribution in [0.5, 0.6) is 0 Å². The minimum Gasteiger partial charge on any atom is -0.480 e. The largest absolute Gasteiger partial charge is 0.480 e. The standard InChI is InChI=1S/C21H28N6O6S/c1-2-6-32-7-3-4-8-34(9-5-13(22)21(30)31)10-14-16(28)17(29)20(33-14)27-12-26-15-18(23)24-11-25-19(15)27/h1,3-4,11-14,16-17,20,28-29H,5-10,22H2,(H2-,23,24,25,30,31)/p+1/b4-3+/t13-,14+,16+,17+,20+,34?/m0/s1. The summed E-state index contributed by atoms with van der Waals surface area (Å²) >= 11 is 0. The van der Waals surface area contributed by atoms with Gasteiger partial charge in [0, 0.05) is 6.42 Å². The third-order valence-electron chi connectivity index (χ3n) is 5.33. The first kappa shape index (κ1) is 25.9. The van der Waals surface area contributed by atoms with Crippen LogP contribution in [0, 0.1) is 12.3 Å². The molecule has 2 aromatic heterocycles. The van der Waals surface area contributed by atoms with Gasteiger partial charge in [0.1, 0.15) is 60.1 Å². The number of hydrogen-bond donors (Lipinski definition) is 5. The van der Waals surface area contributed by atoms with Gasteiger partial charge in [-0.3, -0.25) is 9.36 Å². The van der Waals surface area contributed by atoms with Crippen molar-refractivity contribution >= 4 is 33.8 Å². The van der Waals surface area contributed by atoms with E-state index < -0.39 is 36.6 Å². The van der Waals surface area contributed by atoms with E-state index in [0.717, 1.165) is 0 Å². The number of ether oxygens (including phenoxy) is 2. The molecular formula is C21H29N6O6S+. The van der Waals surface area contributed by atoms with Crippen LogP contribution in [-0.4, -0.2) is 95.6 Å². The second-order valence-corrected chi connectivity index (χ2v) is 10.0. The van der Waals surface area contributed by atoms with Crippen molar-refractivity contribution < 1.29 is 29.6 Å². The Morgan fingerprint density at radius 1 is 1.35 bits per heavy atom.